The minimum absolute atomic E-state index is 0.159. The molecule has 1 N–H and O–H groups in total. The van der Waals surface area contributed by atoms with Gasteiger partial charge < -0.3 is 15.0 Å². The molecule has 0 radical (unpaired) electrons. The van der Waals surface area contributed by atoms with Crippen LogP contribution in [0.25, 0.3) is 0 Å². The molecule has 0 saturated carbocycles. The molecule has 1 aromatic rings. The third-order valence-electron chi connectivity index (χ3n) is 4.15. The lowest BCUT2D eigenvalue weighted by Crippen LogP contribution is -2.44. The molecule has 2 amide bonds. The molecule has 6 nitrogen and oxygen atoms in total. The summed E-state index contributed by atoms with van der Waals surface area (Å²) in [6, 6.07) is 6.46. The molecule has 1 saturated heterocycles. The van der Waals surface area contributed by atoms with Gasteiger partial charge in [0.25, 0.3) is 5.91 Å². The number of ether oxygens (including phenoxy) is 1. The summed E-state index contributed by atoms with van der Waals surface area (Å²) in [5.41, 5.74) is 0.814. The summed E-state index contributed by atoms with van der Waals surface area (Å²) in [5.74, 6) is -0.325. The molecule has 1 aliphatic rings. The van der Waals surface area contributed by atoms with E-state index >= 15 is 0 Å². The van der Waals surface area contributed by atoms with Crippen LogP contribution in [0.1, 0.15) is 44.0 Å². The fraction of sp³-hybridized carbons (Fsp3) is 0.500. The van der Waals surface area contributed by atoms with Gasteiger partial charge in [0.15, 0.2) is 6.10 Å². The molecule has 0 bridgehead atoms. The molecule has 1 atom stereocenters. The third kappa shape index (κ3) is 4.81. The van der Waals surface area contributed by atoms with Crippen molar-refractivity contribution in [2.75, 3.05) is 18.4 Å². The quantitative estimate of drug-likeness (QED) is 0.859. The first-order valence-corrected chi connectivity index (χ1v) is 8.24. The molecule has 0 aromatic heterocycles. The number of benzene rings is 1. The van der Waals surface area contributed by atoms with Gasteiger partial charge in [-0.3, -0.25) is 9.59 Å². The summed E-state index contributed by atoms with van der Waals surface area (Å²) >= 11 is 0. The molecule has 0 aliphatic carbocycles. The van der Waals surface area contributed by atoms with Crippen LogP contribution in [-0.2, 0) is 14.3 Å². The second-order valence-electron chi connectivity index (χ2n) is 6.32. The number of carbonyl (C=O) groups is 3. The highest BCUT2D eigenvalue weighted by atomic mass is 16.5. The number of nitrogens with one attached hydrogen (secondary N) is 1. The zero-order valence-corrected chi connectivity index (χ0v) is 14.4. The molecule has 2 rings (SSSR count). The van der Waals surface area contributed by atoms with Gasteiger partial charge in [0.1, 0.15) is 0 Å². The summed E-state index contributed by atoms with van der Waals surface area (Å²) in [7, 11) is 0. The third-order valence-corrected chi connectivity index (χ3v) is 4.15. The van der Waals surface area contributed by atoms with Crippen molar-refractivity contribution in [1.82, 2.24) is 4.90 Å². The van der Waals surface area contributed by atoms with Crippen molar-refractivity contribution in [3.05, 3.63) is 29.8 Å². The van der Waals surface area contributed by atoms with Crippen molar-refractivity contribution in [3.63, 3.8) is 0 Å². The van der Waals surface area contributed by atoms with E-state index in [4.69, 9.17) is 4.74 Å². The zero-order valence-electron chi connectivity index (χ0n) is 14.4. The highest BCUT2D eigenvalue weighted by Crippen LogP contribution is 2.18. The van der Waals surface area contributed by atoms with Gasteiger partial charge in [-0.1, -0.05) is 13.0 Å². The van der Waals surface area contributed by atoms with E-state index < -0.39 is 12.1 Å². The number of rotatable bonds is 4. The van der Waals surface area contributed by atoms with Crippen LogP contribution >= 0.6 is 0 Å². The first-order valence-electron chi connectivity index (χ1n) is 8.24. The van der Waals surface area contributed by atoms with E-state index in [1.165, 1.54) is 13.0 Å². The van der Waals surface area contributed by atoms with Crippen LogP contribution in [-0.4, -0.2) is 41.9 Å². The van der Waals surface area contributed by atoms with Crippen LogP contribution in [0.5, 0.6) is 0 Å². The van der Waals surface area contributed by atoms with Crippen molar-refractivity contribution in [2.45, 2.75) is 39.7 Å². The van der Waals surface area contributed by atoms with E-state index in [2.05, 4.69) is 12.2 Å². The number of piperidine rings is 1. The fourth-order valence-corrected chi connectivity index (χ4v) is 2.69. The number of hydrogen-bond donors (Lipinski definition) is 1. The molecule has 1 heterocycles. The van der Waals surface area contributed by atoms with Gasteiger partial charge in [-0.2, -0.15) is 0 Å². The Bertz CT molecular complexity index is 621. The number of amides is 2. The van der Waals surface area contributed by atoms with Crippen LogP contribution in [0.2, 0.25) is 0 Å². The summed E-state index contributed by atoms with van der Waals surface area (Å²) in [6.07, 6.45) is 1.13. The van der Waals surface area contributed by atoms with Gasteiger partial charge in [0.05, 0.1) is 5.56 Å². The average Bonchev–Trinajstić information content (AvgIpc) is 2.54. The van der Waals surface area contributed by atoms with Crippen molar-refractivity contribution in [2.24, 2.45) is 5.92 Å². The van der Waals surface area contributed by atoms with E-state index in [1.54, 1.807) is 30.0 Å². The molecule has 0 spiro atoms. The van der Waals surface area contributed by atoms with Gasteiger partial charge in [-0.05, 0) is 43.9 Å². The standard InChI is InChI=1S/C18H24N2O4/c1-12-7-9-20(10-8-12)17(22)13(2)24-18(23)15-5-4-6-16(11-15)19-14(3)21/h4-6,11-13H,7-10H2,1-3H3,(H,19,21). The summed E-state index contributed by atoms with van der Waals surface area (Å²) in [5, 5.41) is 2.61. The zero-order chi connectivity index (χ0) is 17.7. The minimum atomic E-state index is -0.824. The second-order valence-corrected chi connectivity index (χ2v) is 6.32. The number of carbonyl (C=O) groups excluding carboxylic acids is 3. The average molecular weight is 332 g/mol. The highest BCUT2D eigenvalue weighted by molar-refractivity contribution is 5.95. The van der Waals surface area contributed by atoms with E-state index in [0.29, 0.717) is 30.3 Å². The normalized spacial score (nSPS) is 16.4. The van der Waals surface area contributed by atoms with Crippen LogP contribution in [0.4, 0.5) is 5.69 Å². The maximum absolute atomic E-state index is 12.4. The summed E-state index contributed by atoms with van der Waals surface area (Å²) in [4.78, 5) is 37.4. The van der Waals surface area contributed by atoms with Gasteiger partial charge in [-0.25, -0.2) is 4.79 Å². The molecule has 1 unspecified atom stereocenters. The Balaban J connectivity index is 1.95. The van der Waals surface area contributed by atoms with E-state index in [1.807, 2.05) is 0 Å². The van der Waals surface area contributed by atoms with Crippen LogP contribution in [0.3, 0.4) is 0 Å². The Labute approximate surface area is 142 Å². The maximum atomic E-state index is 12.4. The van der Waals surface area contributed by atoms with Crippen molar-refractivity contribution < 1.29 is 19.1 Å². The summed E-state index contributed by atoms with van der Waals surface area (Å²) in [6.45, 7) is 6.58. The molecule has 6 heteroatoms. The fourth-order valence-electron chi connectivity index (χ4n) is 2.69. The lowest BCUT2D eigenvalue weighted by molar-refractivity contribution is -0.141. The lowest BCUT2D eigenvalue weighted by atomic mass is 9.99. The molecule has 24 heavy (non-hydrogen) atoms. The monoisotopic (exact) mass is 332 g/mol. The number of likely N-dealkylation sites (tertiary alicyclic amines) is 1. The Morgan fingerprint density at radius 1 is 1.25 bits per heavy atom. The molecule has 130 valence electrons. The smallest absolute Gasteiger partial charge is 0.338 e. The molecule has 1 aliphatic heterocycles. The van der Waals surface area contributed by atoms with Gasteiger partial charge in [-0.15, -0.1) is 0 Å². The van der Waals surface area contributed by atoms with Gasteiger partial charge in [0, 0.05) is 25.7 Å². The van der Waals surface area contributed by atoms with Crippen LogP contribution in [0.15, 0.2) is 24.3 Å². The first-order chi connectivity index (χ1) is 11.4. The number of hydrogen-bond acceptors (Lipinski definition) is 4. The lowest BCUT2D eigenvalue weighted by Gasteiger charge is -2.31. The number of nitrogens with zero attached hydrogens (tertiary/aromatic N) is 1. The van der Waals surface area contributed by atoms with Crippen molar-refractivity contribution >= 4 is 23.5 Å². The number of esters is 1. The largest absolute Gasteiger partial charge is 0.449 e. The Morgan fingerprint density at radius 3 is 2.54 bits per heavy atom. The van der Waals surface area contributed by atoms with Gasteiger partial charge >= 0.3 is 5.97 Å². The molecule has 1 aromatic carbocycles. The second kappa shape index (κ2) is 7.95. The predicted octanol–water partition coefficient (Wildman–Crippen LogP) is 2.45. The van der Waals surface area contributed by atoms with Crippen molar-refractivity contribution in [3.8, 4) is 0 Å². The first kappa shape index (κ1) is 18.0. The topological polar surface area (TPSA) is 75.7 Å². The molecular formula is C18H24N2O4. The van der Waals surface area contributed by atoms with Crippen LogP contribution in [0, 0.1) is 5.92 Å². The van der Waals surface area contributed by atoms with E-state index in [-0.39, 0.29) is 11.8 Å². The van der Waals surface area contributed by atoms with Crippen molar-refractivity contribution in [1.29, 1.82) is 0 Å². The van der Waals surface area contributed by atoms with E-state index in [9.17, 15) is 14.4 Å². The van der Waals surface area contributed by atoms with Gasteiger partial charge in [0.2, 0.25) is 5.91 Å². The Hall–Kier alpha value is -2.37. The molecular weight excluding hydrogens is 308 g/mol. The minimum Gasteiger partial charge on any atom is -0.449 e. The Kier molecular flexibility index (Phi) is 5.95. The van der Waals surface area contributed by atoms with Crippen LogP contribution < -0.4 is 5.32 Å². The highest BCUT2D eigenvalue weighted by Gasteiger charge is 2.27. The predicted molar refractivity (Wildman–Crippen MR) is 90.6 cm³/mol. The summed E-state index contributed by atoms with van der Waals surface area (Å²) < 4.78 is 5.30. The van der Waals surface area contributed by atoms with E-state index in [0.717, 1.165) is 12.8 Å². The Morgan fingerprint density at radius 2 is 1.92 bits per heavy atom. The maximum Gasteiger partial charge on any atom is 0.338 e. The number of anilines is 1. The SMILES string of the molecule is CC(=O)Nc1cccc(C(=O)OC(C)C(=O)N2CCC(C)CC2)c1. The molecule has 1 fully saturated rings.